The molecule has 0 saturated carbocycles. The summed E-state index contributed by atoms with van der Waals surface area (Å²) in [6, 6.07) is 67.3. The summed E-state index contributed by atoms with van der Waals surface area (Å²) in [6.07, 6.45) is 4.79. The van der Waals surface area contributed by atoms with Crippen LogP contribution in [-0.2, 0) is 0 Å². The molecular formula is C53H37N5S. The Morgan fingerprint density at radius 1 is 0.322 bits per heavy atom. The first kappa shape index (κ1) is 33.8. The van der Waals surface area contributed by atoms with E-state index in [0.717, 1.165) is 33.4 Å². The maximum atomic E-state index is 4.98. The molecule has 0 saturated heterocycles. The van der Waals surface area contributed by atoms with E-state index in [1.54, 1.807) is 0 Å². The number of fused-ring (bicyclic) bond motifs is 7. The average molecular weight is 776 g/mol. The van der Waals surface area contributed by atoms with E-state index in [0.29, 0.717) is 17.5 Å². The summed E-state index contributed by atoms with van der Waals surface area (Å²) >= 11 is 0. The standard InChI is InChI=1S/C53H37N5S/c1-59(2)49-30-27-40(33-50(49)59)58-46-20-12-10-18-42(46)44-29-24-38(32-48(44)58)37-23-28-43-41-17-9-11-19-45(41)57(47(43)31-37)39-25-21-36(22-26-39)53-55-51(34-13-5-3-6-14-34)54-52(56-53)35-15-7-4-8-16-35/h3-33H,1-2H3. The Balaban J connectivity index is 0.985. The van der Waals surface area contributed by atoms with Gasteiger partial charge in [0.2, 0.25) is 0 Å². The molecular weight excluding hydrogens is 739 g/mol. The molecule has 280 valence electrons. The predicted octanol–water partition coefficient (Wildman–Crippen LogP) is 13.5. The molecule has 0 radical (unpaired) electrons. The van der Waals surface area contributed by atoms with Crippen LogP contribution in [0.4, 0.5) is 0 Å². The van der Waals surface area contributed by atoms with E-state index in [1.165, 1.54) is 59.2 Å². The highest BCUT2D eigenvalue weighted by molar-refractivity contribution is 8.37. The highest BCUT2D eigenvalue weighted by atomic mass is 32.3. The van der Waals surface area contributed by atoms with Crippen LogP contribution in [0.5, 0.6) is 0 Å². The fourth-order valence-corrected chi connectivity index (χ4v) is 11.2. The first-order valence-corrected chi connectivity index (χ1v) is 22.4. The third kappa shape index (κ3) is 5.37. The molecule has 0 amide bonds. The van der Waals surface area contributed by atoms with Crippen molar-refractivity contribution >= 4 is 53.6 Å². The minimum absolute atomic E-state index is 0.639. The average Bonchev–Trinajstić information content (AvgIpc) is 3.53. The van der Waals surface area contributed by atoms with Gasteiger partial charge in [-0.05, 0) is 90.4 Å². The number of para-hydroxylation sites is 2. The summed E-state index contributed by atoms with van der Waals surface area (Å²) in [5.74, 6) is 1.94. The maximum Gasteiger partial charge on any atom is 0.164 e. The molecule has 0 N–H and O–H groups in total. The van der Waals surface area contributed by atoms with E-state index in [4.69, 9.17) is 15.0 Å². The Kier molecular flexibility index (Phi) is 7.38. The Morgan fingerprint density at radius 3 is 1.24 bits per heavy atom. The molecule has 0 bridgehead atoms. The van der Waals surface area contributed by atoms with E-state index in [-0.39, 0.29) is 0 Å². The zero-order chi connectivity index (χ0) is 39.2. The van der Waals surface area contributed by atoms with Gasteiger partial charge >= 0.3 is 0 Å². The van der Waals surface area contributed by atoms with Crippen LogP contribution in [0.1, 0.15) is 0 Å². The molecule has 1 aliphatic rings. The lowest BCUT2D eigenvalue weighted by Gasteiger charge is -2.12. The molecule has 0 unspecified atom stereocenters. The van der Waals surface area contributed by atoms with Crippen molar-refractivity contribution in [3.05, 3.63) is 188 Å². The fraction of sp³-hybridized carbons (Fsp3) is 0.0377. The first-order valence-electron chi connectivity index (χ1n) is 19.9. The van der Waals surface area contributed by atoms with Gasteiger partial charge in [-0.1, -0.05) is 121 Å². The Bertz CT molecular complexity index is 3400. The monoisotopic (exact) mass is 775 g/mol. The van der Waals surface area contributed by atoms with Gasteiger partial charge in [-0.2, -0.15) is 10.0 Å². The van der Waals surface area contributed by atoms with Gasteiger partial charge in [0.15, 0.2) is 17.5 Å². The van der Waals surface area contributed by atoms with Gasteiger partial charge in [0.25, 0.3) is 0 Å². The highest BCUT2D eigenvalue weighted by Gasteiger charge is 2.36. The second-order valence-electron chi connectivity index (χ2n) is 15.7. The number of hydrogen-bond acceptors (Lipinski definition) is 3. The van der Waals surface area contributed by atoms with E-state index < -0.39 is 10.0 Å². The lowest BCUT2D eigenvalue weighted by atomic mass is 10.0. The summed E-state index contributed by atoms with van der Waals surface area (Å²) < 4.78 is 4.84. The molecule has 12 rings (SSSR count). The van der Waals surface area contributed by atoms with Crippen molar-refractivity contribution in [2.75, 3.05) is 12.5 Å². The van der Waals surface area contributed by atoms with Crippen molar-refractivity contribution in [3.8, 4) is 56.7 Å². The molecule has 0 atom stereocenters. The summed E-state index contributed by atoms with van der Waals surface area (Å²) in [5, 5.41) is 4.98. The van der Waals surface area contributed by atoms with Crippen molar-refractivity contribution < 1.29 is 0 Å². The topological polar surface area (TPSA) is 48.5 Å². The van der Waals surface area contributed by atoms with Gasteiger partial charge in [-0.3, -0.25) is 0 Å². The third-order valence-electron chi connectivity index (χ3n) is 12.0. The van der Waals surface area contributed by atoms with Crippen molar-refractivity contribution in [2.24, 2.45) is 0 Å². The zero-order valence-electron chi connectivity index (χ0n) is 32.5. The molecule has 59 heavy (non-hydrogen) atoms. The van der Waals surface area contributed by atoms with Gasteiger partial charge < -0.3 is 9.13 Å². The smallest absolute Gasteiger partial charge is 0.164 e. The molecule has 5 nitrogen and oxygen atoms in total. The van der Waals surface area contributed by atoms with Gasteiger partial charge in [-0.15, -0.1) is 0 Å². The van der Waals surface area contributed by atoms with Crippen LogP contribution in [0.3, 0.4) is 0 Å². The molecule has 8 aromatic carbocycles. The Hall–Kier alpha value is -7.28. The molecule has 1 aliphatic heterocycles. The zero-order valence-corrected chi connectivity index (χ0v) is 33.4. The minimum atomic E-state index is -0.772. The fourth-order valence-electron chi connectivity index (χ4n) is 8.92. The summed E-state index contributed by atoms with van der Waals surface area (Å²) in [5.41, 5.74) is 12.3. The Labute approximate surface area is 343 Å². The van der Waals surface area contributed by atoms with E-state index in [1.807, 2.05) is 60.7 Å². The molecule has 11 aromatic rings. The van der Waals surface area contributed by atoms with E-state index in [9.17, 15) is 0 Å². The second-order valence-corrected chi connectivity index (χ2v) is 19.2. The van der Waals surface area contributed by atoms with Crippen LogP contribution >= 0.6 is 10.0 Å². The van der Waals surface area contributed by atoms with E-state index in [2.05, 4.69) is 149 Å². The minimum Gasteiger partial charge on any atom is -0.309 e. The normalized spacial score (nSPS) is 13.6. The van der Waals surface area contributed by atoms with Crippen molar-refractivity contribution in [3.63, 3.8) is 0 Å². The molecule has 0 aliphatic carbocycles. The third-order valence-corrected chi connectivity index (χ3v) is 14.7. The van der Waals surface area contributed by atoms with Crippen LogP contribution in [0.15, 0.2) is 198 Å². The number of aromatic nitrogens is 5. The summed E-state index contributed by atoms with van der Waals surface area (Å²) in [6.45, 7) is 0. The predicted molar refractivity (Wildman–Crippen MR) is 246 cm³/mol. The van der Waals surface area contributed by atoms with Crippen LogP contribution in [0, 0.1) is 0 Å². The van der Waals surface area contributed by atoms with Crippen molar-refractivity contribution in [2.45, 2.75) is 9.79 Å². The van der Waals surface area contributed by atoms with Gasteiger partial charge in [-0.25, -0.2) is 15.0 Å². The molecule has 6 heteroatoms. The van der Waals surface area contributed by atoms with Crippen LogP contribution in [0.25, 0.3) is 100 Å². The van der Waals surface area contributed by atoms with Gasteiger partial charge in [0.05, 0.1) is 22.1 Å². The number of benzene rings is 8. The first-order chi connectivity index (χ1) is 29.0. The lowest BCUT2D eigenvalue weighted by Crippen LogP contribution is -2.00. The van der Waals surface area contributed by atoms with Crippen molar-refractivity contribution in [1.82, 2.24) is 24.1 Å². The quantitative estimate of drug-likeness (QED) is 0.158. The SMILES string of the molecule is CS1(C)c2ccc(-n3c4ccccc4c4ccc(-c5ccc6c7ccccc7n(-c7ccc(-c8nc(-c9ccccc9)nc(-c9ccccc9)n8)cc7)c6c5)cc43)cc21. The maximum absolute atomic E-state index is 4.98. The van der Waals surface area contributed by atoms with Gasteiger partial charge in [0.1, 0.15) is 0 Å². The molecule has 3 aromatic heterocycles. The van der Waals surface area contributed by atoms with Crippen LogP contribution in [0.2, 0.25) is 0 Å². The van der Waals surface area contributed by atoms with Crippen LogP contribution in [-0.4, -0.2) is 36.6 Å². The van der Waals surface area contributed by atoms with Crippen LogP contribution < -0.4 is 0 Å². The molecule has 4 heterocycles. The highest BCUT2D eigenvalue weighted by Crippen LogP contribution is 2.74. The second kappa shape index (κ2) is 12.9. The largest absolute Gasteiger partial charge is 0.309 e. The number of nitrogens with zero attached hydrogens (tertiary/aromatic N) is 5. The number of hydrogen-bond donors (Lipinski definition) is 0. The Morgan fingerprint density at radius 2 is 0.729 bits per heavy atom. The molecule has 0 fully saturated rings. The lowest BCUT2D eigenvalue weighted by molar-refractivity contribution is 1.07. The summed E-state index contributed by atoms with van der Waals surface area (Å²) in [4.78, 5) is 17.9. The molecule has 0 spiro atoms. The summed E-state index contributed by atoms with van der Waals surface area (Å²) in [7, 11) is -0.772. The number of rotatable bonds is 6. The van der Waals surface area contributed by atoms with Crippen molar-refractivity contribution in [1.29, 1.82) is 0 Å². The van der Waals surface area contributed by atoms with E-state index >= 15 is 0 Å². The van der Waals surface area contributed by atoms with Gasteiger partial charge in [0, 0.05) is 59.4 Å².